The minimum Gasteiger partial charge on any atom is -0.374 e. The lowest BCUT2D eigenvalue weighted by Gasteiger charge is -2.23. The maximum Gasteiger partial charge on any atom is 0.125 e. The Hall–Kier alpha value is -0.830. The summed E-state index contributed by atoms with van der Waals surface area (Å²) in [6.07, 6.45) is 21.3. The summed E-state index contributed by atoms with van der Waals surface area (Å²) < 4.78 is 0. The second kappa shape index (κ2) is 14.5. The number of aliphatic hydroxyl groups excluding tert-OH is 1. The smallest absolute Gasteiger partial charge is 0.125 e. The number of hydrogen-bond donors (Lipinski definition) is 1. The van der Waals surface area contributed by atoms with Crippen LogP contribution in [0.25, 0.3) is 0 Å². The molecule has 1 rings (SSSR count). The molecule has 0 radical (unpaired) electrons. The van der Waals surface area contributed by atoms with Crippen molar-refractivity contribution in [1.82, 2.24) is 4.90 Å². The van der Waals surface area contributed by atoms with Gasteiger partial charge in [-0.15, -0.1) is 0 Å². The minimum absolute atomic E-state index is 0.381. The topological polar surface area (TPSA) is 35.8 Å². The molecule has 1 heterocycles. The standard InChI is InChI=1S/C21H40N2O/c1-3-4-5-6-7-8-9-10-11-12-13-14-15-16-17-21-22-18-19-23(21)20(2)24/h5-6,20,24H,3-4,7-19H2,1-2H3/b6-5+. The van der Waals surface area contributed by atoms with Crippen LogP contribution in [-0.2, 0) is 0 Å². The fraction of sp³-hybridized carbons (Fsp3) is 0.857. The zero-order valence-electron chi connectivity index (χ0n) is 16.2. The number of aliphatic hydroxyl groups is 1. The van der Waals surface area contributed by atoms with Crippen molar-refractivity contribution < 1.29 is 5.11 Å². The van der Waals surface area contributed by atoms with Crippen molar-refractivity contribution in [2.24, 2.45) is 4.99 Å². The van der Waals surface area contributed by atoms with E-state index in [1.54, 1.807) is 0 Å². The molecule has 24 heavy (non-hydrogen) atoms. The molecule has 3 nitrogen and oxygen atoms in total. The zero-order valence-corrected chi connectivity index (χ0v) is 16.2. The van der Waals surface area contributed by atoms with Crippen LogP contribution in [0.4, 0.5) is 0 Å². The first kappa shape index (κ1) is 21.2. The summed E-state index contributed by atoms with van der Waals surface area (Å²) >= 11 is 0. The van der Waals surface area contributed by atoms with Gasteiger partial charge in [-0.05, 0) is 32.6 Å². The van der Waals surface area contributed by atoms with Gasteiger partial charge in [-0.3, -0.25) is 4.99 Å². The number of unbranched alkanes of at least 4 members (excludes halogenated alkanes) is 10. The van der Waals surface area contributed by atoms with E-state index in [2.05, 4.69) is 24.1 Å². The molecule has 0 saturated carbocycles. The van der Waals surface area contributed by atoms with E-state index in [1.807, 2.05) is 11.8 Å². The maximum absolute atomic E-state index is 9.68. The lowest BCUT2D eigenvalue weighted by atomic mass is 10.1. The first-order valence-corrected chi connectivity index (χ1v) is 10.4. The molecule has 0 amide bonds. The Morgan fingerprint density at radius 1 is 0.958 bits per heavy atom. The second-order valence-corrected chi connectivity index (χ2v) is 7.10. The monoisotopic (exact) mass is 336 g/mol. The molecule has 0 aromatic rings. The van der Waals surface area contributed by atoms with E-state index in [1.165, 1.54) is 77.0 Å². The summed E-state index contributed by atoms with van der Waals surface area (Å²) in [6, 6.07) is 0. The Bertz CT molecular complexity index is 350. The molecule has 1 aliphatic heterocycles. The normalized spacial score (nSPS) is 16.1. The van der Waals surface area contributed by atoms with E-state index in [0.717, 1.165) is 25.3 Å². The molecule has 1 N–H and O–H groups in total. The summed E-state index contributed by atoms with van der Waals surface area (Å²) in [5.74, 6) is 1.12. The van der Waals surface area contributed by atoms with Crippen molar-refractivity contribution in [2.45, 2.75) is 104 Å². The van der Waals surface area contributed by atoms with E-state index < -0.39 is 0 Å². The van der Waals surface area contributed by atoms with Gasteiger partial charge in [0.1, 0.15) is 12.1 Å². The summed E-state index contributed by atoms with van der Waals surface area (Å²) in [4.78, 5) is 6.55. The molecule has 0 bridgehead atoms. The average Bonchev–Trinajstić information content (AvgIpc) is 3.04. The van der Waals surface area contributed by atoms with Crippen molar-refractivity contribution in [3.63, 3.8) is 0 Å². The molecule has 1 unspecified atom stereocenters. The van der Waals surface area contributed by atoms with Crippen molar-refractivity contribution in [1.29, 1.82) is 0 Å². The average molecular weight is 337 g/mol. The predicted molar refractivity (Wildman–Crippen MR) is 106 cm³/mol. The Kier molecular flexibility index (Phi) is 12.8. The van der Waals surface area contributed by atoms with E-state index in [4.69, 9.17) is 0 Å². The van der Waals surface area contributed by atoms with Gasteiger partial charge < -0.3 is 10.0 Å². The molecule has 0 fully saturated rings. The van der Waals surface area contributed by atoms with Gasteiger partial charge in [-0.1, -0.05) is 70.4 Å². The van der Waals surface area contributed by atoms with Crippen LogP contribution >= 0.6 is 0 Å². The molecule has 0 aromatic heterocycles. The number of rotatable bonds is 15. The van der Waals surface area contributed by atoms with E-state index >= 15 is 0 Å². The van der Waals surface area contributed by atoms with Crippen molar-refractivity contribution in [3.05, 3.63) is 12.2 Å². The summed E-state index contributed by atoms with van der Waals surface area (Å²) in [7, 11) is 0. The number of allylic oxidation sites excluding steroid dienone is 2. The molecular formula is C21H40N2O. The number of amidine groups is 1. The maximum atomic E-state index is 9.68. The van der Waals surface area contributed by atoms with Gasteiger partial charge >= 0.3 is 0 Å². The summed E-state index contributed by atoms with van der Waals surface area (Å²) in [5, 5.41) is 9.68. The zero-order chi connectivity index (χ0) is 17.5. The van der Waals surface area contributed by atoms with Crippen LogP contribution in [0.3, 0.4) is 0 Å². The third-order valence-electron chi connectivity index (χ3n) is 4.81. The van der Waals surface area contributed by atoms with Crippen LogP contribution in [0.5, 0.6) is 0 Å². The quantitative estimate of drug-likeness (QED) is 0.308. The number of aliphatic imine (C=N–C) groups is 1. The van der Waals surface area contributed by atoms with Gasteiger partial charge in [-0.25, -0.2) is 0 Å². The molecule has 0 aromatic carbocycles. The molecule has 0 aliphatic carbocycles. The fourth-order valence-corrected chi connectivity index (χ4v) is 3.32. The first-order valence-electron chi connectivity index (χ1n) is 10.4. The van der Waals surface area contributed by atoms with Crippen LogP contribution in [0.2, 0.25) is 0 Å². The number of hydrogen-bond acceptors (Lipinski definition) is 3. The van der Waals surface area contributed by atoms with Gasteiger partial charge in [0.25, 0.3) is 0 Å². The van der Waals surface area contributed by atoms with Gasteiger partial charge in [-0.2, -0.15) is 0 Å². The molecule has 0 saturated heterocycles. The Labute approximate surface area is 150 Å². The highest BCUT2D eigenvalue weighted by Gasteiger charge is 2.19. The Balaban J connectivity index is 1.83. The third kappa shape index (κ3) is 10.1. The van der Waals surface area contributed by atoms with Crippen LogP contribution in [0.1, 0.15) is 97.3 Å². The lowest BCUT2D eigenvalue weighted by Crippen LogP contribution is -2.35. The highest BCUT2D eigenvalue weighted by atomic mass is 16.3. The van der Waals surface area contributed by atoms with Gasteiger partial charge in [0.05, 0.1) is 6.54 Å². The lowest BCUT2D eigenvalue weighted by molar-refractivity contribution is 0.0766. The molecule has 140 valence electrons. The van der Waals surface area contributed by atoms with Crippen molar-refractivity contribution in [2.75, 3.05) is 13.1 Å². The minimum atomic E-state index is -0.381. The molecular weight excluding hydrogens is 296 g/mol. The first-order chi connectivity index (χ1) is 11.8. The SMILES string of the molecule is CCC/C=C/CCCCCCCCCCCC1=NCCN1C(C)O. The molecule has 3 heteroatoms. The fourth-order valence-electron chi connectivity index (χ4n) is 3.32. The van der Waals surface area contributed by atoms with Crippen LogP contribution in [0, 0.1) is 0 Å². The second-order valence-electron chi connectivity index (χ2n) is 7.10. The Morgan fingerprint density at radius 2 is 1.54 bits per heavy atom. The molecule has 0 spiro atoms. The molecule has 1 atom stereocenters. The van der Waals surface area contributed by atoms with E-state index in [9.17, 15) is 5.11 Å². The highest BCUT2D eigenvalue weighted by molar-refractivity contribution is 5.83. The van der Waals surface area contributed by atoms with E-state index in [-0.39, 0.29) is 6.23 Å². The summed E-state index contributed by atoms with van der Waals surface area (Å²) in [6.45, 7) is 5.82. The highest BCUT2D eigenvalue weighted by Crippen LogP contribution is 2.14. The van der Waals surface area contributed by atoms with Gasteiger partial charge in [0.2, 0.25) is 0 Å². The van der Waals surface area contributed by atoms with Crippen LogP contribution in [-0.4, -0.2) is 35.2 Å². The van der Waals surface area contributed by atoms with Crippen LogP contribution in [0.15, 0.2) is 17.1 Å². The van der Waals surface area contributed by atoms with Crippen molar-refractivity contribution >= 4 is 5.84 Å². The number of nitrogens with zero attached hydrogens (tertiary/aromatic N) is 2. The van der Waals surface area contributed by atoms with E-state index in [0.29, 0.717) is 0 Å². The predicted octanol–water partition coefficient (Wildman–Crippen LogP) is 5.69. The Morgan fingerprint density at radius 3 is 2.17 bits per heavy atom. The molecule has 1 aliphatic rings. The summed E-state index contributed by atoms with van der Waals surface area (Å²) in [5.41, 5.74) is 0. The van der Waals surface area contributed by atoms with Gasteiger partial charge in [0, 0.05) is 13.0 Å². The third-order valence-corrected chi connectivity index (χ3v) is 4.81. The largest absolute Gasteiger partial charge is 0.374 e. The van der Waals surface area contributed by atoms with Crippen LogP contribution < -0.4 is 0 Å². The van der Waals surface area contributed by atoms with Gasteiger partial charge in [0.15, 0.2) is 0 Å². The van der Waals surface area contributed by atoms with Crippen molar-refractivity contribution in [3.8, 4) is 0 Å².